The van der Waals surface area contributed by atoms with Crippen LogP contribution < -0.4 is 11.1 Å². The lowest BCUT2D eigenvalue weighted by Gasteiger charge is -2.16. The second-order valence-corrected chi connectivity index (χ2v) is 6.56. The lowest BCUT2D eigenvalue weighted by Crippen LogP contribution is -2.33. The van der Waals surface area contributed by atoms with E-state index in [1.165, 1.54) is 0 Å². The predicted octanol–water partition coefficient (Wildman–Crippen LogP) is 2.36. The molecule has 0 spiro atoms. The minimum absolute atomic E-state index is 0.000686. The number of amides is 1. The van der Waals surface area contributed by atoms with Crippen molar-refractivity contribution in [1.82, 2.24) is 15.5 Å². The zero-order valence-corrected chi connectivity index (χ0v) is 13.9. The summed E-state index contributed by atoms with van der Waals surface area (Å²) in [5.74, 6) is 1.34. The topological polar surface area (TPSA) is 94.0 Å². The van der Waals surface area contributed by atoms with Crippen LogP contribution in [0, 0.1) is 5.92 Å². The van der Waals surface area contributed by atoms with E-state index in [2.05, 4.69) is 15.5 Å². The maximum Gasteiger partial charge on any atom is 0.231 e. The molecule has 3 N–H and O–H groups in total. The summed E-state index contributed by atoms with van der Waals surface area (Å²) in [4.78, 5) is 16.6. The van der Waals surface area contributed by atoms with Crippen molar-refractivity contribution in [3.63, 3.8) is 0 Å². The second-order valence-electron chi connectivity index (χ2n) is 6.56. The zero-order valence-electron chi connectivity index (χ0n) is 13.9. The van der Waals surface area contributed by atoms with Crippen LogP contribution in [0.15, 0.2) is 34.9 Å². The molecule has 1 aromatic heterocycles. The Morgan fingerprint density at radius 1 is 1.38 bits per heavy atom. The van der Waals surface area contributed by atoms with E-state index in [0.717, 1.165) is 24.8 Å². The summed E-state index contributed by atoms with van der Waals surface area (Å²) in [6.45, 7) is 1.86. The Balaban J connectivity index is 1.53. The number of hydrogen-bond acceptors (Lipinski definition) is 5. The molecule has 6 nitrogen and oxygen atoms in total. The number of nitrogens with two attached hydrogens (primary N) is 1. The summed E-state index contributed by atoms with van der Waals surface area (Å²) in [5, 5.41) is 6.93. The molecule has 2 aromatic rings. The van der Waals surface area contributed by atoms with Gasteiger partial charge in [-0.15, -0.1) is 0 Å². The summed E-state index contributed by atoms with van der Waals surface area (Å²) >= 11 is 0. The fraction of sp³-hybridized carbons (Fsp3) is 0.500. The van der Waals surface area contributed by atoms with E-state index in [1.54, 1.807) is 0 Å². The van der Waals surface area contributed by atoms with Crippen LogP contribution >= 0.6 is 0 Å². The zero-order chi connectivity index (χ0) is 16.9. The first-order chi connectivity index (χ1) is 11.6. The Bertz CT molecular complexity index is 671. The Morgan fingerprint density at radius 3 is 2.88 bits per heavy atom. The third-order valence-electron chi connectivity index (χ3n) is 4.61. The summed E-state index contributed by atoms with van der Waals surface area (Å²) < 4.78 is 5.29. The summed E-state index contributed by atoms with van der Waals surface area (Å²) in [6.07, 6.45) is 4.22. The van der Waals surface area contributed by atoms with Crippen LogP contribution in [0.4, 0.5) is 0 Å². The van der Waals surface area contributed by atoms with E-state index < -0.39 is 0 Å². The van der Waals surface area contributed by atoms with Crippen LogP contribution in [0.3, 0.4) is 0 Å². The first-order valence-corrected chi connectivity index (χ1v) is 8.53. The second kappa shape index (κ2) is 7.57. The van der Waals surface area contributed by atoms with Gasteiger partial charge >= 0.3 is 0 Å². The van der Waals surface area contributed by atoms with Crippen LogP contribution in [0.5, 0.6) is 0 Å². The van der Waals surface area contributed by atoms with Crippen molar-refractivity contribution in [1.29, 1.82) is 0 Å². The smallest absolute Gasteiger partial charge is 0.231 e. The van der Waals surface area contributed by atoms with Crippen LogP contribution in [0.25, 0.3) is 0 Å². The Kier molecular flexibility index (Phi) is 5.25. The van der Waals surface area contributed by atoms with Gasteiger partial charge in [0.25, 0.3) is 0 Å². The van der Waals surface area contributed by atoms with Crippen molar-refractivity contribution >= 4 is 5.91 Å². The van der Waals surface area contributed by atoms with Gasteiger partial charge in [0.05, 0.1) is 12.5 Å². The molecule has 1 aliphatic carbocycles. The minimum atomic E-state index is -0.275. The summed E-state index contributed by atoms with van der Waals surface area (Å²) in [6, 6.07) is 9.82. The number of carbonyl (C=O) groups is 1. The molecule has 1 fully saturated rings. The molecule has 1 saturated carbocycles. The predicted molar refractivity (Wildman–Crippen MR) is 90.0 cm³/mol. The lowest BCUT2D eigenvalue weighted by atomic mass is 10.00. The van der Waals surface area contributed by atoms with Crippen molar-refractivity contribution in [2.45, 2.75) is 51.1 Å². The molecule has 128 valence electrons. The Hall–Kier alpha value is -2.21. The van der Waals surface area contributed by atoms with Gasteiger partial charge in [-0.05, 0) is 31.2 Å². The van der Waals surface area contributed by atoms with Crippen LogP contribution in [-0.2, 0) is 11.2 Å². The number of aromatic nitrogens is 2. The third kappa shape index (κ3) is 4.20. The third-order valence-corrected chi connectivity index (χ3v) is 4.61. The number of nitrogens with one attached hydrogen (secondary N) is 1. The molecule has 24 heavy (non-hydrogen) atoms. The molecule has 1 amide bonds. The fourth-order valence-corrected chi connectivity index (χ4v) is 3.21. The maximum atomic E-state index is 12.2. The molecule has 0 aliphatic heterocycles. The largest absolute Gasteiger partial charge is 0.346 e. The first kappa shape index (κ1) is 16.6. The average molecular weight is 328 g/mol. The average Bonchev–Trinajstić information content (AvgIpc) is 3.18. The number of rotatable bonds is 6. The SMILES string of the molecule is CC(NC(=O)C[C@@H]1CCC[C@H]1N)c1noc(Cc2ccccc2)n1. The standard InChI is InChI=1S/C18H24N4O2/c1-12(20-16(23)11-14-8-5-9-15(14)19)18-21-17(24-22-18)10-13-6-3-2-4-7-13/h2-4,6-7,12,14-15H,5,8-11,19H2,1H3,(H,20,23)/t12?,14-,15+/m0/s1. The monoisotopic (exact) mass is 328 g/mol. The molecule has 1 heterocycles. The Morgan fingerprint density at radius 2 is 2.17 bits per heavy atom. The molecule has 1 unspecified atom stereocenters. The van der Waals surface area contributed by atoms with E-state index >= 15 is 0 Å². The highest BCUT2D eigenvalue weighted by molar-refractivity contribution is 5.76. The van der Waals surface area contributed by atoms with Gasteiger partial charge in [0.2, 0.25) is 11.8 Å². The van der Waals surface area contributed by atoms with Crippen molar-refractivity contribution in [3.8, 4) is 0 Å². The van der Waals surface area contributed by atoms with Gasteiger partial charge in [-0.2, -0.15) is 4.98 Å². The first-order valence-electron chi connectivity index (χ1n) is 8.53. The van der Waals surface area contributed by atoms with E-state index in [-0.39, 0.29) is 23.9 Å². The van der Waals surface area contributed by atoms with Gasteiger partial charge in [-0.3, -0.25) is 4.79 Å². The van der Waals surface area contributed by atoms with Crippen molar-refractivity contribution in [2.75, 3.05) is 0 Å². The highest BCUT2D eigenvalue weighted by atomic mass is 16.5. The molecule has 3 rings (SSSR count). The van der Waals surface area contributed by atoms with Gasteiger partial charge in [0.15, 0.2) is 5.82 Å². The maximum absolute atomic E-state index is 12.2. The highest BCUT2D eigenvalue weighted by Gasteiger charge is 2.27. The Labute approximate surface area is 141 Å². The van der Waals surface area contributed by atoms with Gasteiger partial charge in [-0.25, -0.2) is 0 Å². The van der Waals surface area contributed by atoms with Crippen molar-refractivity contribution in [3.05, 3.63) is 47.6 Å². The van der Waals surface area contributed by atoms with E-state index in [4.69, 9.17) is 10.3 Å². The van der Waals surface area contributed by atoms with Crippen LogP contribution in [0.2, 0.25) is 0 Å². The normalized spacial score (nSPS) is 21.6. The van der Waals surface area contributed by atoms with E-state index in [0.29, 0.717) is 24.6 Å². The quantitative estimate of drug-likeness (QED) is 0.849. The molecular weight excluding hydrogens is 304 g/mol. The highest BCUT2D eigenvalue weighted by Crippen LogP contribution is 2.26. The minimum Gasteiger partial charge on any atom is -0.346 e. The van der Waals surface area contributed by atoms with Gasteiger partial charge < -0.3 is 15.6 Å². The van der Waals surface area contributed by atoms with Gasteiger partial charge in [0, 0.05) is 12.5 Å². The van der Waals surface area contributed by atoms with Crippen molar-refractivity contribution < 1.29 is 9.32 Å². The van der Waals surface area contributed by atoms with Crippen LogP contribution in [0.1, 0.15) is 55.9 Å². The molecule has 1 aliphatic rings. The molecule has 6 heteroatoms. The fourth-order valence-electron chi connectivity index (χ4n) is 3.21. The van der Waals surface area contributed by atoms with E-state index in [1.807, 2.05) is 37.3 Å². The van der Waals surface area contributed by atoms with Crippen molar-refractivity contribution in [2.24, 2.45) is 11.7 Å². The summed E-state index contributed by atoms with van der Waals surface area (Å²) in [5.41, 5.74) is 7.14. The van der Waals surface area contributed by atoms with Crippen LogP contribution in [-0.4, -0.2) is 22.1 Å². The number of nitrogens with zero attached hydrogens (tertiary/aromatic N) is 2. The number of carbonyl (C=O) groups excluding carboxylic acids is 1. The molecule has 1 aromatic carbocycles. The number of benzene rings is 1. The lowest BCUT2D eigenvalue weighted by molar-refractivity contribution is -0.122. The summed E-state index contributed by atoms with van der Waals surface area (Å²) in [7, 11) is 0. The van der Waals surface area contributed by atoms with Gasteiger partial charge in [0.1, 0.15) is 0 Å². The molecule has 0 bridgehead atoms. The molecule has 0 saturated heterocycles. The molecular formula is C18H24N4O2. The number of hydrogen-bond donors (Lipinski definition) is 2. The molecule has 3 atom stereocenters. The van der Waals surface area contributed by atoms with E-state index in [9.17, 15) is 4.79 Å². The molecule has 0 radical (unpaired) electrons. The van der Waals surface area contributed by atoms with Gasteiger partial charge in [-0.1, -0.05) is 41.9 Å².